The Morgan fingerprint density at radius 3 is 2.65 bits per heavy atom. The first kappa shape index (κ1) is 22.6. The number of benzene rings is 2. The van der Waals surface area contributed by atoms with Crippen LogP contribution in [0.5, 0.6) is 5.75 Å². The van der Waals surface area contributed by atoms with E-state index in [0.29, 0.717) is 49.0 Å². The minimum atomic E-state index is -0.473. The summed E-state index contributed by atoms with van der Waals surface area (Å²) in [7, 11) is 0. The first-order valence-electron chi connectivity index (χ1n) is 12.0. The van der Waals surface area contributed by atoms with Crippen molar-refractivity contribution in [1.82, 2.24) is 15.1 Å². The van der Waals surface area contributed by atoms with Crippen LogP contribution in [0.4, 0.5) is 0 Å². The molecule has 0 spiro atoms. The average molecular weight is 462 g/mol. The van der Waals surface area contributed by atoms with Crippen LogP contribution in [0, 0.1) is 0 Å². The SMILES string of the molecule is C=C1CCC(N2Cc3c(OCc4ccc([C@H](C)N5CCOCC5)cc4)cccc3C2=O)C(=O)N1. The zero-order valence-electron chi connectivity index (χ0n) is 19.6. The van der Waals surface area contributed by atoms with E-state index in [4.69, 9.17) is 9.47 Å². The normalized spacial score (nSPS) is 21.9. The molecule has 2 amide bonds. The molecule has 3 aliphatic heterocycles. The molecule has 3 heterocycles. The van der Waals surface area contributed by atoms with Crippen molar-refractivity contribution < 1.29 is 19.1 Å². The summed E-state index contributed by atoms with van der Waals surface area (Å²) in [6.07, 6.45) is 1.27. The van der Waals surface area contributed by atoms with Gasteiger partial charge in [-0.05, 0) is 43.0 Å². The highest BCUT2D eigenvalue weighted by Crippen LogP contribution is 2.34. The molecule has 2 aromatic carbocycles. The number of ether oxygens (including phenoxy) is 2. The number of hydrogen-bond acceptors (Lipinski definition) is 5. The van der Waals surface area contributed by atoms with Crippen molar-refractivity contribution in [2.45, 2.75) is 45.0 Å². The van der Waals surface area contributed by atoms with E-state index < -0.39 is 6.04 Å². The number of carbonyl (C=O) groups is 2. The number of nitrogens with zero attached hydrogens (tertiary/aromatic N) is 2. The highest BCUT2D eigenvalue weighted by molar-refractivity contribution is 6.02. The van der Waals surface area contributed by atoms with Crippen LogP contribution in [0.2, 0.25) is 0 Å². The number of carbonyl (C=O) groups excluding carboxylic acids is 2. The maximum Gasteiger partial charge on any atom is 0.255 e. The minimum absolute atomic E-state index is 0.116. The molecule has 0 aromatic heterocycles. The van der Waals surface area contributed by atoms with Crippen LogP contribution in [-0.2, 0) is 22.7 Å². The molecular formula is C27H31N3O4. The van der Waals surface area contributed by atoms with Crippen LogP contribution in [0.3, 0.4) is 0 Å². The quantitative estimate of drug-likeness (QED) is 0.714. The molecule has 1 unspecified atom stereocenters. The Balaban J connectivity index is 1.24. The maximum atomic E-state index is 13.0. The van der Waals surface area contributed by atoms with E-state index >= 15 is 0 Å². The minimum Gasteiger partial charge on any atom is -0.489 e. The van der Waals surface area contributed by atoms with Gasteiger partial charge in [0.1, 0.15) is 18.4 Å². The number of allylic oxidation sites excluding steroid dienone is 1. The first-order valence-corrected chi connectivity index (χ1v) is 12.0. The topological polar surface area (TPSA) is 71.1 Å². The highest BCUT2D eigenvalue weighted by atomic mass is 16.5. The molecule has 7 heteroatoms. The van der Waals surface area contributed by atoms with Crippen molar-refractivity contribution in [3.8, 4) is 5.75 Å². The van der Waals surface area contributed by atoms with E-state index in [1.807, 2.05) is 18.2 Å². The lowest BCUT2D eigenvalue weighted by atomic mass is 10.0. The zero-order chi connectivity index (χ0) is 23.7. The van der Waals surface area contributed by atoms with Gasteiger partial charge in [-0.2, -0.15) is 0 Å². The second-order valence-electron chi connectivity index (χ2n) is 9.22. The fourth-order valence-electron chi connectivity index (χ4n) is 5.00. The number of hydrogen-bond donors (Lipinski definition) is 1. The summed E-state index contributed by atoms with van der Waals surface area (Å²) in [5, 5.41) is 2.78. The molecule has 2 saturated heterocycles. The molecule has 2 fully saturated rings. The van der Waals surface area contributed by atoms with E-state index in [0.717, 1.165) is 37.4 Å². The standard InChI is InChI=1S/C27H31N3O4/c1-18-6-11-24(26(31)28-18)30-16-23-22(27(30)32)4-3-5-25(23)34-17-20-7-9-21(10-8-20)19(2)29-12-14-33-15-13-29/h3-5,7-10,19,24H,1,6,11-17H2,2H3,(H,28,31)/t19-,24?/m0/s1. The van der Waals surface area contributed by atoms with Gasteiger partial charge in [0, 0.05) is 36.0 Å². The van der Waals surface area contributed by atoms with Crippen LogP contribution in [0.25, 0.3) is 0 Å². The van der Waals surface area contributed by atoms with Crippen LogP contribution in [0.1, 0.15) is 52.9 Å². The molecular weight excluding hydrogens is 430 g/mol. The van der Waals surface area contributed by atoms with Gasteiger partial charge in [-0.1, -0.05) is 36.9 Å². The van der Waals surface area contributed by atoms with Crippen molar-refractivity contribution >= 4 is 11.8 Å². The third-order valence-corrected chi connectivity index (χ3v) is 7.10. The molecule has 0 bridgehead atoms. The Hall–Kier alpha value is -3.16. The van der Waals surface area contributed by atoms with Gasteiger partial charge in [0.15, 0.2) is 0 Å². The summed E-state index contributed by atoms with van der Waals surface area (Å²) in [5.41, 5.74) is 4.52. The van der Waals surface area contributed by atoms with E-state index in [2.05, 4.69) is 48.0 Å². The van der Waals surface area contributed by atoms with E-state index in [1.165, 1.54) is 5.56 Å². The van der Waals surface area contributed by atoms with E-state index in [1.54, 1.807) is 4.90 Å². The summed E-state index contributed by atoms with van der Waals surface area (Å²) >= 11 is 0. The number of rotatable bonds is 6. The van der Waals surface area contributed by atoms with Gasteiger partial charge in [0.2, 0.25) is 5.91 Å². The van der Waals surface area contributed by atoms with Crippen LogP contribution < -0.4 is 10.1 Å². The third-order valence-electron chi connectivity index (χ3n) is 7.10. The predicted octanol–water partition coefficient (Wildman–Crippen LogP) is 3.41. The Bertz CT molecular complexity index is 1090. The van der Waals surface area contributed by atoms with Gasteiger partial charge >= 0.3 is 0 Å². The second-order valence-corrected chi connectivity index (χ2v) is 9.22. The number of fused-ring (bicyclic) bond motifs is 1. The monoisotopic (exact) mass is 461 g/mol. The molecule has 0 aliphatic carbocycles. The van der Waals surface area contributed by atoms with Gasteiger partial charge in [0.05, 0.1) is 19.8 Å². The summed E-state index contributed by atoms with van der Waals surface area (Å²) in [6, 6.07) is 14.0. The smallest absolute Gasteiger partial charge is 0.255 e. The Labute approximate surface area is 200 Å². The molecule has 2 aromatic rings. The fraction of sp³-hybridized carbons (Fsp3) is 0.407. The third kappa shape index (κ3) is 4.45. The van der Waals surface area contributed by atoms with Crippen molar-refractivity contribution in [2.75, 3.05) is 26.3 Å². The van der Waals surface area contributed by atoms with E-state index in [-0.39, 0.29) is 11.8 Å². The molecule has 2 atom stereocenters. The van der Waals surface area contributed by atoms with Crippen molar-refractivity contribution in [2.24, 2.45) is 0 Å². The van der Waals surface area contributed by atoms with Crippen LogP contribution in [0.15, 0.2) is 54.7 Å². The molecule has 34 heavy (non-hydrogen) atoms. The molecule has 3 aliphatic rings. The lowest BCUT2D eigenvalue weighted by Crippen LogP contribution is -2.49. The van der Waals surface area contributed by atoms with Gasteiger partial charge in [-0.25, -0.2) is 0 Å². The number of nitrogens with one attached hydrogen (secondary N) is 1. The van der Waals surface area contributed by atoms with Crippen molar-refractivity contribution in [3.05, 3.63) is 77.0 Å². The Kier molecular flexibility index (Phi) is 6.39. The lowest BCUT2D eigenvalue weighted by molar-refractivity contribution is -0.126. The van der Waals surface area contributed by atoms with Crippen LogP contribution >= 0.6 is 0 Å². The fourth-order valence-corrected chi connectivity index (χ4v) is 5.00. The molecule has 0 saturated carbocycles. The lowest BCUT2D eigenvalue weighted by Gasteiger charge is -2.32. The van der Waals surface area contributed by atoms with Crippen molar-refractivity contribution in [3.63, 3.8) is 0 Å². The Morgan fingerprint density at radius 1 is 1.15 bits per heavy atom. The summed E-state index contributed by atoms with van der Waals surface area (Å²) in [4.78, 5) is 29.6. The van der Waals surface area contributed by atoms with Crippen LogP contribution in [-0.4, -0.2) is 54.0 Å². The number of piperidine rings is 1. The zero-order valence-corrected chi connectivity index (χ0v) is 19.6. The molecule has 0 radical (unpaired) electrons. The van der Waals surface area contributed by atoms with Gasteiger partial charge < -0.3 is 19.7 Å². The molecule has 5 rings (SSSR count). The summed E-state index contributed by atoms with van der Waals surface area (Å²) < 4.78 is 11.6. The molecule has 1 N–H and O–H groups in total. The largest absolute Gasteiger partial charge is 0.489 e. The predicted molar refractivity (Wildman–Crippen MR) is 128 cm³/mol. The highest BCUT2D eigenvalue weighted by Gasteiger charge is 2.39. The van der Waals surface area contributed by atoms with Gasteiger partial charge in [-0.3, -0.25) is 14.5 Å². The molecule has 7 nitrogen and oxygen atoms in total. The Morgan fingerprint density at radius 2 is 1.91 bits per heavy atom. The first-order chi connectivity index (χ1) is 16.5. The maximum absolute atomic E-state index is 13.0. The summed E-state index contributed by atoms with van der Waals surface area (Å²) in [6.45, 7) is 10.3. The molecule has 178 valence electrons. The van der Waals surface area contributed by atoms with Crippen molar-refractivity contribution in [1.29, 1.82) is 0 Å². The summed E-state index contributed by atoms with van der Waals surface area (Å²) in [5.74, 6) is 0.417. The van der Waals surface area contributed by atoms with Gasteiger partial charge in [-0.15, -0.1) is 0 Å². The van der Waals surface area contributed by atoms with E-state index in [9.17, 15) is 9.59 Å². The van der Waals surface area contributed by atoms with Gasteiger partial charge in [0.25, 0.3) is 5.91 Å². The average Bonchev–Trinajstić information content (AvgIpc) is 3.20. The number of amides is 2. The number of morpholine rings is 1. The second kappa shape index (κ2) is 9.60.